The van der Waals surface area contributed by atoms with Crippen LogP contribution in [0.5, 0.6) is 5.75 Å². The summed E-state index contributed by atoms with van der Waals surface area (Å²) in [5.74, 6) is 0.776. The topological polar surface area (TPSA) is 41.6 Å². The molecule has 0 aliphatic heterocycles. The molecule has 0 heterocycles. The van der Waals surface area contributed by atoms with Crippen LogP contribution in [0.2, 0.25) is 0 Å². The van der Waals surface area contributed by atoms with Crippen molar-refractivity contribution in [2.75, 3.05) is 19.8 Å². The summed E-state index contributed by atoms with van der Waals surface area (Å²) in [6.45, 7) is 9.59. The number of amides is 2. The predicted molar refractivity (Wildman–Crippen MR) is 72.9 cm³/mol. The van der Waals surface area contributed by atoms with Crippen LogP contribution in [0.3, 0.4) is 0 Å². The number of hydrogen-bond acceptors (Lipinski definition) is 2. The Morgan fingerprint density at radius 3 is 2.44 bits per heavy atom. The van der Waals surface area contributed by atoms with Gasteiger partial charge in [0.15, 0.2) is 6.73 Å². The summed E-state index contributed by atoms with van der Waals surface area (Å²) in [6.07, 6.45) is 0. The fraction of sp³-hybridized carbons (Fsp3) is 0.500. The Hall–Kier alpha value is -1.71. The number of nitrogens with zero attached hydrogens (tertiary/aromatic N) is 1. The lowest BCUT2D eigenvalue weighted by atomic mass is 10.1. The highest BCUT2D eigenvalue weighted by atomic mass is 16.5. The quantitative estimate of drug-likeness (QED) is 0.816. The lowest BCUT2D eigenvalue weighted by Crippen LogP contribution is -2.41. The first-order valence-corrected chi connectivity index (χ1v) is 6.31. The zero-order chi connectivity index (χ0) is 13.5. The van der Waals surface area contributed by atoms with Crippen molar-refractivity contribution in [1.82, 2.24) is 10.2 Å². The molecule has 4 heteroatoms. The molecule has 0 aliphatic rings. The lowest BCUT2D eigenvalue weighted by molar-refractivity contribution is 0.189. The second kappa shape index (κ2) is 6.89. The van der Waals surface area contributed by atoms with Gasteiger partial charge in [0.1, 0.15) is 5.75 Å². The maximum atomic E-state index is 11.7. The van der Waals surface area contributed by atoms with Gasteiger partial charge < -0.3 is 15.0 Å². The molecule has 18 heavy (non-hydrogen) atoms. The van der Waals surface area contributed by atoms with Crippen molar-refractivity contribution < 1.29 is 9.53 Å². The number of carbonyl (C=O) groups excluding carboxylic acids is 1. The second-order valence-electron chi connectivity index (χ2n) is 4.19. The van der Waals surface area contributed by atoms with Crippen molar-refractivity contribution in [1.29, 1.82) is 0 Å². The number of ether oxygens (including phenoxy) is 1. The summed E-state index contributed by atoms with van der Waals surface area (Å²) in [7, 11) is 0. The van der Waals surface area contributed by atoms with Gasteiger partial charge in [0, 0.05) is 13.1 Å². The van der Waals surface area contributed by atoms with Gasteiger partial charge in [-0.25, -0.2) is 4.79 Å². The minimum absolute atomic E-state index is 0.0937. The van der Waals surface area contributed by atoms with Gasteiger partial charge in [0.2, 0.25) is 0 Å². The number of rotatable bonds is 5. The standard InChI is InChI=1S/C14H22N2O2/c1-5-16(6-2)14(17)15-10-18-13-8-7-11(3)12(4)9-13/h7-9H,5-6,10H2,1-4H3,(H,15,17). The lowest BCUT2D eigenvalue weighted by Gasteiger charge is -2.19. The molecule has 0 aromatic heterocycles. The first kappa shape index (κ1) is 14.4. The molecular weight excluding hydrogens is 228 g/mol. The van der Waals surface area contributed by atoms with Gasteiger partial charge in [-0.2, -0.15) is 0 Å². The molecule has 100 valence electrons. The summed E-state index contributed by atoms with van der Waals surface area (Å²) in [5.41, 5.74) is 2.41. The summed E-state index contributed by atoms with van der Waals surface area (Å²) in [5, 5.41) is 2.73. The van der Waals surface area contributed by atoms with E-state index in [0.29, 0.717) is 13.1 Å². The third-order valence-corrected chi connectivity index (χ3v) is 2.99. The van der Waals surface area contributed by atoms with Crippen molar-refractivity contribution >= 4 is 6.03 Å². The van der Waals surface area contributed by atoms with E-state index in [0.717, 1.165) is 5.75 Å². The van der Waals surface area contributed by atoms with Gasteiger partial charge in [-0.05, 0) is 51.0 Å². The maximum Gasteiger partial charge on any atom is 0.319 e. The molecule has 0 bridgehead atoms. The third-order valence-electron chi connectivity index (χ3n) is 2.99. The molecule has 0 saturated heterocycles. The molecule has 1 aromatic carbocycles. The van der Waals surface area contributed by atoms with Gasteiger partial charge >= 0.3 is 6.03 Å². The Morgan fingerprint density at radius 2 is 1.89 bits per heavy atom. The maximum absolute atomic E-state index is 11.7. The normalized spacial score (nSPS) is 10.0. The van der Waals surface area contributed by atoms with Crippen molar-refractivity contribution in [3.63, 3.8) is 0 Å². The largest absolute Gasteiger partial charge is 0.473 e. The van der Waals surface area contributed by atoms with E-state index in [4.69, 9.17) is 4.74 Å². The molecule has 0 saturated carbocycles. The number of hydrogen-bond donors (Lipinski definition) is 1. The first-order valence-electron chi connectivity index (χ1n) is 6.31. The summed E-state index contributed by atoms with van der Waals surface area (Å²) >= 11 is 0. The smallest absolute Gasteiger partial charge is 0.319 e. The molecule has 2 amide bonds. The van der Waals surface area contributed by atoms with Crippen molar-refractivity contribution in [2.45, 2.75) is 27.7 Å². The van der Waals surface area contributed by atoms with Crippen molar-refractivity contribution in [3.05, 3.63) is 29.3 Å². The van der Waals surface area contributed by atoms with E-state index in [1.54, 1.807) is 4.90 Å². The molecule has 0 radical (unpaired) electrons. The van der Waals surface area contributed by atoms with Crippen LogP contribution in [0.4, 0.5) is 4.79 Å². The van der Waals surface area contributed by atoms with Crippen LogP contribution in [0.1, 0.15) is 25.0 Å². The minimum Gasteiger partial charge on any atom is -0.473 e. The molecule has 1 rings (SSSR count). The fourth-order valence-corrected chi connectivity index (χ4v) is 1.61. The van der Waals surface area contributed by atoms with E-state index >= 15 is 0 Å². The average Bonchev–Trinajstić information content (AvgIpc) is 2.35. The van der Waals surface area contributed by atoms with E-state index in [2.05, 4.69) is 12.2 Å². The molecule has 0 unspecified atom stereocenters. The number of urea groups is 1. The predicted octanol–water partition coefficient (Wildman–Crippen LogP) is 2.69. The van der Waals surface area contributed by atoms with E-state index in [1.807, 2.05) is 39.0 Å². The highest BCUT2D eigenvalue weighted by Gasteiger charge is 2.07. The van der Waals surface area contributed by atoms with Crippen molar-refractivity contribution in [2.24, 2.45) is 0 Å². The Balaban J connectivity index is 2.41. The van der Waals surface area contributed by atoms with Crippen LogP contribution in [0.25, 0.3) is 0 Å². The summed E-state index contributed by atoms with van der Waals surface area (Å²) in [6, 6.07) is 5.80. The first-order chi connectivity index (χ1) is 8.58. The number of benzene rings is 1. The van der Waals surface area contributed by atoms with Gasteiger partial charge in [-0.1, -0.05) is 6.07 Å². The summed E-state index contributed by atoms with van der Waals surface area (Å²) in [4.78, 5) is 13.4. The molecule has 0 fully saturated rings. The Morgan fingerprint density at radius 1 is 1.22 bits per heavy atom. The molecule has 0 atom stereocenters. The van der Waals surface area contributed by atoms with Crippen LogP contribution in [-0.2, 0) is 0 Å². The minimum atomic E-state index is -0.0937. The zero-order valence-corrected chi connectivity index (χ0v) is 11.6. The Bertz CT molecular complexity index is 401. The highest BCUT2D eigenvalue weighted by Crippen LogP contribution is 2.15. The second-order valence-corrected chi connectivity index (χ2v) is 4.19. The van der Waals surface area contributed by atoms with Crippen molar-refractivity contribution in [3.8, 4) is 5.75 Å². The van der Waals surface area contributed by atoms with Crippen LogP contribution in [0.15, 0.2) is 18.2 Å². The van der Waals surface area contributed by atoms with Crippen LogP contribution in [-0.4, -0.2) is 30.8 Å². The molecule has 4 nitrogen and oxygen atoms in total. The SMILES string of the molecule is CCN(CC)C(=O)NCOc1ccc(C)c(C)c1. The molecule has 1 N–H and O–H groups in total. The van der Waals surface area contributed by atoms with Gasteiger partial charge in [-0.3, -0.25) is 0 Å². The third kappa shape index (κ3) is 3.95. The number of nitrogens with one attached hydrogen (secondary N) is 1. The van der Waals surface area contributed by atoms with Crippen LogP contribution < -0.4 is 10.1 Å². The number of aryl methyl sites for hydroxylation is 2. The molecule has 1 aromatic rings. The van der Waals surface area contributed by atoms with Crippen LogP contribution in [0, 0.1) is 13.8 Å². The van der Waals surface area contributed by atoms with E-state index in [1.165, 1.54) is 11.1 Å². The fourth-order valence-electron chi connectivity index (χ4n) is 1.61. The Kier molecular flexibility index (Phi) is 5.49. The molecule has 0 aliphatic carbocycles. The Labute approximate surface area is 109 Å². The number of carbonyl (C=O) groups is 1. The average molecular weight is 250 g/mol. The zero-order valence-electron chi connectivity index (χ0n) is 11.6. The van der Waals surface area contributed by atoms with E-state index < -0.39 is 0 Å². The van der Waals surface area contributed by atoms with E-state index in [-0.39, 0.29) is 12.8 Å². The van der Waals surface area contributed by atoms with Gasteiger partial charge in [-0.15, -0.1) is 0 Å². The summed E-state index contributed by atoms with van der Waals surface area (Å²) < 4.78 is 5.49. The highest BCUT2D eigenvalue weighted by molar-refractivity contribution is 5.73. The molecular formula is C14H22N2O2. The van der Waals surface area contributed by atoms with E-state index in [9.17, 15) is 4.79 Å². The van der Waals surface area contributed by atoms with Gasteiger partial charge in [0.25, 0.3) is 0 Å². The molecule has 0 spiro atoms. The monoisotopic (exact) mass is 250 g/mol. The van der Waals surface area contributed by atoms with Gasteiger partial charge in [0.05, 0.1) is 0 Å². The van der Waals surface area contributed by atoms with Crippen LogP contribution >= 0.6 is 0 Å².